The maximum Gasteiger partial charge on any atom is 0.245 e. The number of fused-ring (bicyclic) bond motifs is 1. The zero-order valence-corrected chi connectivity index (χ0v) is 18.8. The summed E-state index contributed by atoms with van der Waals surface area (Å²) in [4.78, 5) is 37.6. The van der Waals surface area contributed by atoms with Crippen LogP contribution in [0.25, 0.3) is 0 Å². The third-order valence-corrected chi connectivity index (χ3v) is 7.38. The fourth-order valence-corrected chi connectivity index (χ4v) is 5.26. The van der Waals surface area contributed by atoms with E-state index < -0.39 is 0 Å². The van der Waals surface area contributed by atoms with Gasteiger partial charge in [-0.25, -0.2) is 9.97 Å². The number of carbonyl (C=O) groups is 1. The molecule has 0 spiro atoms. The van der Waals surface area contributed by atoms with Crippen molar-refractivity contribution in [3.8, 4) is 0 Å². The molecule has 2 aromatic heterocycles. The van der Waals surface area contributed by atoms with E-state index in [1.54, 1.807) is 0 Å². The summed E-state index contributed by atoms with van der Waals surface area (Å²) in [5, 5.41) is 3.44. The molecule has 0 aromatic carbocycles. The van der Waals surface area contributed by atoms with Crippen LogP contribution in [0.1, 0.15) is 55.0 Å². The van der Waals surface area contributed by atoms with Gasteiger partial charge in [0.15, 0.2) is 0 Å². The number of aryl methyl sites for hydroxylation is 1. The van der Waals surface area contributed by atoms with E-state index in [0.29, 0.717) is 11.9 Å². The van der Waals surface area contributed by atoms with Gasteiger partial charge in [0, 0.05) is 49.9 Å². The molecule has 6 rings (SSSR count). The molecule has 170 valence electrons. The summed E-state index contributed by atoms with van der Waals surface area (Å²) in [5.74, 6) is 3.14. The molecule has 0 radical (unpaired) electrons. The highest BCUT2D eigenvalue weighted by Crippen LogP contribution is 2.39. The van der Waals surface area contributed by atoms with Gasteiger partial charge in [0.2, 0.25) is 17.8 Å². The highest BCUT2D eigenvalue weighted by atomic mass is 16.2. The molecule has 2 aromatic rings. The minimum absolute atomic E-state index is 0.157. The Morgan fingerprint density at radius 2 is 1.91 bits per heavy atom. The molecular formula is C23H32N8O. The number of nitrogens with one attached hydrogen (secondary N) is 2. The smallest absolute Gasteiger partial charge is 0.245 e. The molecule has 0 bridgehead atoms. The van der Waals surface area contributed by atoms with Crippen molar-refractivity contribution in [3.05, 3.63) is 23.1 Å². The molecule has 0 unspecified atom stereocenters. The number of piperazine rings is 1. The van der Waals surface area contributed by atoms with Gasteiger partial charge in [0.05, 0.1) is 11.9 Å². The second-order valence-electron chi connectivity index (χ2n) is 9.72. The highest BCUT2D eigenvalue weighted by Gasteiger charge is 2.37. The summed E-state index contributed by atoms with van der Waals surface area (Å²) in [6.45, 7) is 4.31. The molecule has 9 heteroatoms. The lowest BCUT2D eigenvalue weighted by Crippen LogP contribution is -2.53. The van der Waals surface area contributed by atoms with Crippen molar-refractivity contribution in [2.75, 3.05) is 50.0 Å². The number of nitrogens with zero attached hydrogens (tertiary/aromatic N) is 6. The normalized spacial score (nSPS) is 23.6. The molecule has 2 saturated heterocycles. The minimum Gasteiger partial charge on any atom is -0.338 e. The highest BCUT2D eigenvalue weighted by molar-refractivity contribution is 5.85. The molecule has 1 amide bonds. The predicted octanol–water partition coefficient (Wildman–Crippen LogP) is 2.05. The first kappa shape index (κ1) is 20.0. The first-order chi connectivity index (χ1) is 15.7. The van der Waals surface area contributed by atoms with Gasteiger partial charge in [-0.3, -0.25) is 4.79 Å². The SMILES string of the molecule is CN1CCN(C(=O)[C@@H]2CCCN2c2nc3c(c(Nc4ncc(C5CC5)[nH]4)n2)CCC3)CC1. The van der Waals surface area contributed by atoms with Gasteiger partial charge in [0.1, 0.15) is 11.9 Å². The van der Waals surface area contributed by atoms with Crippen LogP contribution < -0.4 is 10.2 Å². The Morgan fingerprint density at radius 3 is 2.72 bits per heavy atom. The van der Waals surface area contributed by atoms with E-state index in [-0.39, 0.29) is 11.9 Å². The van der Waals surface area contributed by atoms with E-state index >= 15 is 0 Å². The fraction of sp³-hybridized carbons (Fsp3) is 0.652. The number of imidazole rings is 1. The van der Waals surface area contributed by atoms with Crippen LogP contribution in [0.5, 0.6) is 0 Å². The molecular weight excluding hydrogens is 404 g/mol. The van der Waals surface area contributed by atoms with Crippen LogP contribution in [-0.2, 0) is 17.6 Å². The maximum absolute atomic E-state index is 13.4. The molecule has 9 nitrogen and oxygen atoms in total. The summed E-state index contributed by atoms with van der Waals surface area (Å²) in [5.41, 5.74) is 3.51. The van der Waals surface area contributed by atoms with E-state index in [1.807, 2.05) is 11.1 Å². The van der Waals surface area contributed by atoms with Crippen LogP contribution in [0.4, 0.5) is 17.7 Å². The molecule has 2 N–H and O–H groups in total. The lowest BCUT2D eigenvalue weighted by molar-refractivity contribution is -0.134. The van der Waals surface area contributed by atoms with Gasteiger partial charge in [-0.2, -0.15) is 4.98 Å². The van der Waals surface area contributed by atoms with E-state index in [4.69, 9.17) is 9.97 Å². The third kappa shape index (κ3) is 3.72. The second kappa shape index (κ2) is 8.03. The Bertz CT molecular complexity index is 1010. The van der Waals surface area contributed by atoms with Crippen molar-refractivity contribution in [3.63, 3.8) is 0 Å². The summed E-state index contributed by atoms with van der Waals surface area (Å²) >= 11 is 0. The molecule has 4 heterocycles. The van der Waals surface area contributed by atoms with E-state index in [1.165, 1.54) is 24.1 Å². The summed E-state index contributed by atoms with van der Waals surface area (Å²) in [6.07, 6.45) is 9.34. The van der Waals surface area contributed by atoms with Crippen molar-refractivity contribution >= 4 is 23.6 Å². The van der Waals surface area contributed by atoms with E-state index in [0.717, 1.165) is 82.3 Å². The largest absolute Gasteiger partial charge is 0.338 e. The topological polar surface area (TPSA) is 93.3 Å². The first-order valence-corrected chi connectivity index (χ1v) is 12.1. The number of aromatic amines is 1. The fourth-order valence-electron chi connectivity index (χ4n) is 5.26. The van der Waals surface area contributed by atoms with Crippen LogP contribution in [0, 0.1) is 0 Å². The number of aromatic nitrogens is 4. The van der Waals surface area contributed by atoms with Crippen molar-refractivity contribution in [1.29, 1.82) is 0 Å². The monoisotopic (exact) mass is 436 g/mol. The molecule has 3 fully saturated rings. The zero-order valence-electron chi connectivity index (χ0n) is 18.8. The predicted molar refractivity (Wildman–Crippen MR) is 122 cm³/mol. The number of hydrogen-bond acceptors (Lipinski definition) is 7. The van der Waals surface area contributed by atoms with Gasteiger partial charge in [-0.15, -0.1) is 0 Å². The second-order valence-corrected chi connectivity index (χ2v) is 9.72. The van der Waals surface area contributed by atoms with Crippen LogP contribution in [0.3, 0.4) is 0 Å². The average molecular weight is 437 g/mol. The summed E-state index contributed by atoms with van der Waals surface area (Å²) in [6, 6.07) is -0.157. The van der Waals surface area contributed by atoms with Crippen molar-refractivity contribution < 1.29 is 4.79 Å². The summed E-state index contributed by atoms with van der Waals surface area (Å²) in [7, 11) is 2.11. The van der Waals surface area contributed by atoms with Crippen LogP contribution >= 0.6 is 0 Å². The van der Waals surface area contributed by atoms with E-state index in [2.05, 4.69) is 32.1 Å². The number of anilines is 3. The third-order valence-electron chi connectivity index (χ3n) is 7.38. The standard InChI is InChI=1S/C23H32N8O/c1-29-10-12-30(13-11-29)21(32)19-6-3-9-31(19)23-26-17-5-2-4-16(17)20(28-23)27-22-24-14-18(25-22)15-7-8-15/h14-15,19H,2-13H2,1H3,(H2,24,25,26,27,28)/t19-/m0/s1. The molecule has 4 aliphatic rings. The summed E-state index contributed by atoms with van der Waals surface area (Å²) < 4.78 is 0. The lowest BCUT2D eigenvalue weighted by atomic mass is 10.1. The lowest BCUT2D eigenvalue weighted by Gasteiger charge is -2.36. The Kier molecular flexibility index (Phi) is 5.01. The zero-order chi connectivity index (χ0) is 21.7. The van der Waals surface area contributed by atoms with Crippen molar-refractivity contribution in [2.24, 2.45) is 0 Å². The first-order valence-electron chi connectivity index (χ1n) is 12.1. The van der Waals surface area contributed by atoms with Crippen LogP contribution in [-0.4, -0.2) is 81.5 Å². The Hall–Kier alpha value is -2.68. The van der Waals surface area contributed by atoms with Crippen molar-refractivity contribution in [1.82, 2.24) is 29.7 Å². The minimum atomic E-state index is -0.157. The Balaban J connectivity index is 1.26. The Labute approximate surface area is 188 Å². The number of H-pyrrole nitrogens is 1. The number of likely N-dealkylation sites (N-methyl/N-ethyl adjacent to an activating group) is 1. The van der Waals surface area contributed by atoms with Gasteiger partial charge >= 0.3 is 0 Å². The average Bonchev–Trinajstić information content (AvgIpc) is 3.20. The van der Waals surface area contributed by atoms with Gasteiger partial charge in [-0.05, 0) is 52.0 Å². The molecule has 2 aliphatic carbocycles. The maximum atomic E-state index is 13.4. The number of rotatable bonds is 5. The molecule has 1 atom stereocenters. The number of amides is 1. The molecule has 32 heavy (non-hydrogen) atoms. The van der Waals surface area contributed by atoms with Crippen LogP contribution in [0.15, 0.2) is 6.20 Å². The van der Waals surface area contributed by atoms with Gasteiger partial charge in [-0.1, -0.05) is 0 Å². The quantitative estimate of drug-likeness (QED) is 0.741. The van der Waals surface area contributed by atoms with Gasteiger partial charge < -0.3 is 25.0 Å². The number of hydrogen-bond donors (Lipinski definition) is 2. The van der Waals surface area contributed by atoms with Crippen molar-refractivity contribution in [2.45, 2.75) is 56.9 Å². The number of carbonyl (C=O) groups excluding carboxylic acids is 1. The van der Waals surface area contributed by atoms with E-state index in [9.17, 15) is 4.79 Å². The Morgan fingerprint density at radius 1 is 1.06 bits per heavy atom. The molecule has 1 saturated carbocycles. The van der Waals surface area contributed by atoms with Gasteiger partial charge in [0.25, 0.3) is 0 Å². The van der Waals surface area contributed by atoms with Crippen LogP contribution in [0.2, 0.25) is 0 Å². The molecule has 2 aliphatic heterocycles.